The minimum atomic E-state index is -0.284. The van der Waals surface area contributed by atoms with Gasteiger partial charge in [0.25, 0.3) is 0 Å². The molecule has 3 N–H and O–H groups in total. The van der Waals surface area contributed by atoms with E-state index >= 15 is 0 Å². The molecule has 5 nitrogen and oxygen atoms in total. The van der Waals surface area contributed by atoms with Crippen molar-refractivity contribution in [2.75, 3.05) is 0 Å². The van der Waals surface area contributed by atoms with E-state index in [0.717, 1.165) is 81.0 Å². The maximum atomic E-state index is 14.7. The fourth-order valence-electron chi connectivity index (χ4n) is 4.64. The molecule has 0 aliphatic heterocycles. The highest BCUT2D eigenvalue weighted by atomic mass is 19.1. The third-order valence-electron chi connectivity index (χ3n) is 6.75. The van der Waals surface area contributed by atoms with Crippen molar-refractivity contribution in [3.8, 4) is 11.4 Å². The van der Waals surface area contributed by atoms with E-state index in [-0.39, 0.29) is 5.82 Å². The maximum absolute atomic E-state index is 14.7. The van der Waals surface area contributed by atoms with E-state index in [0.29, 0.717) is 5.56 Å². The molecular weight excluding hydrogens is 497 g/mol. The molecule has 4 rings (SSSR count). The normalized spacial score (nSPS) is 12.6. The average molecular weight is 534 g/mol. The fraction of sp³-hybridized carbons (Fsp3) is 0.176. The zero-order valence-electron chi connectivity index (χ0n) is 23.4. The van der Waals surface area contributed by atoms with Crippen LogP contribution in [0.3, 0.4) is 0 Å². The molecule has 0 fully saturated rings. The molecule has 3 heterocycles. The summed E-state index contributed by atoms with van der Waals surface area (Å²) in [4.78, 5) is 8.13. The Morgan fingerprint density at radius 1 is 1.15 bits per heavy atom. The highest BCUT2D eigenvalue weighted by Gasteiger charge is 2.18. The van der Waals surface area contributed by atoms with E-state index in [2.05, 4.69) is 52.1 Å². The lowest BCUT2D eigenvalue weighted by Gasteiger charge is -2.11. The number of aromatic nitrogens is 4. The first-order valence-corrected chi connectivity index (χ1v) is 13.5. The van der Waals surface area contributed by atoms with E-state index < -0.39 is 0 Å². The Morgan fingerprint density at radius 3 is 2.65 bits per heavy atom. The van der Waals surface area contributed by atoms with Crippen LogP contribution >= 0.6 is 0 Å². The summed E-state index contributed by atoms with van der Waals surface area (Å²) in [6.45, 7) is 18.1. The third-order valence-corrected chi connectivity index (χ3v) is 6.75. The van der Waals surface area contributed by atoms with E-state index in [1.165, 1.54) is 6.07 Å². The van der Waals surface area contributed by atoms with E-state index in [1.807, 2.05) is 50.3 Å². The van der Waals surface area contributed by atoms with Crippen LogP contribution in [0.4, 0.5) is 4.39 Å². The van der Waals surface area contributed by atoms with Crippen LogP contribution in [-0.4, -0.2) is 20.2 Å². The number of nitrogens with one attached hydrogen (secondary N) is 3. The number of rotatable bonds is 12. The van der Waals surface area contributed by atoms with E-state index in [1.54, 1.807) is 30.5 Å². The highest BCUT2D eigenvalue weighted by Crippen LogP contribution is 2.34. The van der Waals surface area contributed by atoms with Crippen LogP contribution in [0.25, 0.3) is 33.4 Å². The first kappa shape index (κ1) is 28.3. The minimum Gasteiger partial charge on any atom is -0.359 e. The van der Waals surface area contributed by atoms with Gasteiger partial charge >= 0.3 is 0 Å². The lowest BCUT2D eigenvalue weighted by molar-refractivity contribution is 0.624. The predicted octanol–water partition coefficient (Wildman–Crippen LogP) is 8.78. The average Bonchev–Trinajstić information content (AvgIpc) is 3.56. The number of pyridine rings is 1. The van der Waals surface area contributed by atoms with E-state index in [4.69, 9.17) is 0 Å². The summed E-state index contributed by atoms with van der Waals surface area (Å²) in [7, 11) is 0. The van der Waals surface area contributed by atoms with Crippen molar-refractivity contribution in [3.05, 3.63) is 132 Å². The SMILES string of the molecule is C=C/C=C(/c1ccccc1F)c1cc(-c2n[nH]c3cnc(C(/C=C(\C=C)NC(=C)CCCC)=C/C)cc23)[nH]c1C. The van der Waals surface area contributed by atoms with Gasteiger partial charge in [-0.05, 0) is 68.2 Å². The van der Waals surface area contributed by atoms with Crippen LogP contribution in [0.5, 0.6) is 0 Å². The van der Waals surface area contributed by atoms with Crippen molar-refractivity contribution < 1.29 is 4.39 Å². The van der Waals surface area contributed by atoms with Crippen molar-refractivity contribution in [1.82, 2.24) is 25.5 Å². The largest absolute Gasteiger partial charge is 0.359 e. The number of unbranched alkanes of at least 4 members (excludes halogenated alkanes) is 1. The molecule has 0 atom stereocenters. The summed E-state index contributed by atoms with van der Waals surface area (Å²) >= 11 is 0. The van der Waals surface area contributed by atoms with Crippen molar-refractivity contribution in [1.29, 1.82) is 0 Å². The van der Waals surface area contributed by atoms with Gasteiger partial charge in [0.1, 0.15) is 11.5 Å². The van der Waals surface area contributed by atoms with Crippen LogP contribution in [-0.2, 0) is 0 Å². The number of allylic oxidation sites excluding steroid dienone is 7. The molecule has 0 spiro atoms. The summed E-state index contributed by atoms with van der Waals surface area (Å²) in [6, 6.07) is 10.8. The molecule has 0 saturated carbocycles. The highest BCUT2D eigenvalue weighted by molar-refractivity contribution is 5.95. The van der Waals surface area contributed by atoms with Crippen LogP contribution in [0, 0.1) is 12.7 Å². The number of benzene rings is 1. The van der Waals surface area contributed by atoms with Gasteiger partial charge in [0.15, 0.2) is 0 Å². The van der Waals surface area contributed by atoms with Gasteiger partial charge in [-0.1, -0.05) is 69.5 Å². The smallest absolute Gasteiger partial charge is 0.131 e. The number of hydrogen-bond donors (Lipinski definition) is 3. The molecule has 40 heavy (non-hydrogen) atoms. The first-order chi connectivity index (χ1) is 19.4. The van der Waals surface area contributed by atoms with Gasteiger partial charge in [0.05, 0.1) is 23.1 Å². The van der Waals surface area contributed by atoms with Gasteiger partial charge in [-0.25, -0.2) is 4.39 Å². The monoisotopic (exact) mass is 533 g/mol. The Labute approximate surface area is 235 Å². The zero-order chi connectivity index (χ0) is 28.6. The Kier molecular flexibility index (Phi) is 9.12. The number of aromatic amines is 2. The van der Waals surface area contributed by atoms with Crippen LogP contribution in [0.15, 0.2) is 104 Å². The summed E-state index contributed by atoms with van der Waals surface area (Å²) in [5.74, 6) is -0.284. The summed E-state index contributed by atoms with van der Waals surface area (Å²) in [5, 5.41) is 12.0. The Morgan fingerprint density at radius 2 is 1.95 bits per heavy atom. The van der Waals surface area contributed by atoms with Gasteiger partial charge in [-0.15, -0.1) is 0 Å². The zero-order valence-corrected chi connectivity index (χ0v) is 23.4. The molecule has 3 aromatic heterocycles. The second-order valence-corrected chi connectivity index (χ2v) is 9.58. The minimum absolute atomic E-state index is 0.284. The number of H-pyrrole nitrogens is 2. The van der Waals surface area contributed by atoms with Gasteiger partial charge in [-0.3, -0.25) is 10.1 Å². The lowest BCUT2D eigenvalue weighted by Crippen LogP contribution is -2.10. The molecule has 0 radical (unpaired) electrons. The number of nitrogens with zero attached hydrogens (tertiary/aromatic N) is 2. The molecule has 4 aromatic rings. The number of halogens is 1. The molecule has 0 saturated heterocycles. The van der Waals surface area contributed by atoms with Crippen LogP contribution in [0.2, 0.25) is 0 Å². The number of hydrogen-bond acceptors (Lipinski definition) is 3. The maximum Gasteiger partial charge on any atom is 0.131 e. The molecule has 204 valence electrons. The fourth-order valence-corrected chi connectivity index (χ4v) is 4.64. The third kappa shape index (κ3) is 6.12. The van der Waals surface area contributed by atoms with Gasteiger partial charge < -0.3 is 10.3 Å². The van der Waals surface area contributed by atoms with Crippen LogP contribution in [0.1, 0.15) is 55.6 Å². The van der Waals surface area contributed by atoms with E-state index in [9.17, 15) is 4.39 Å². The van der Waals surface area contributed by atoms with Crippen molar-refractivity contribution in [2.45, 2.75) is 40.0 Å². The Balaban J connectivity index is 1.72. The molecule has 0 aliphatic carbocycles. The molecule has 0 bridgehead atoms. The van der Waals surface area contributed by atoms with Gasteiger partial charge in [0, 0.05) is 33.6 Å². The molecular formula is C34H36FN5. The van der Waals surface area contributed by atoms with Gasteiger partial charge in [0.2, 0.25) is 0 Å². The molecule has 1 aromatic carbocycles. The molecule has 0 unspecified atom stereocenters. The summed E-state index contributed by atoms with van der Waals surface area (Å²) < 4.78 is 14.7. The number of aryl methyl sites for hydroxylation is 1. The first-order valence-electron chi connectivity index (χ1n) is 13.5. The second kappa shape index (κ2) is 12.9. The topological polar surface area (TPSA) is 69.4 Å². The van der Waals surface area contributed by atoms with Crippen molar-refractivity contribution >= 4 is 22.0 Å². The lowest BCUT2D eigenvalue weighted by atomic mass is 9.97. The molecule has 0 aliphatic rings. The molecule has 6 heteroatoms. The molecule has 0 amide bonds. The van der Waals surface area contributed by atoms with Crippen molar-refractivity contribution in [2.24, 2.45) is 0 Å². The Bertz CT molecular complexity index is 1640. The van der Waals surface area contributed by atoms with Crippen LogP contribution < -0.4 is 5.32 Å². The summed E-state index contributed by atoms with van der Waals surface area (Å²) in [6.07, 6.45) is 14.2. The Hall–Kier alpha value is -4.71. The standard InChI is InChI=1S/C34H36FN5/c1-7-11-15-22(5)37-25(10-4)18-24(9-3)31-20-29-33(21-36-31)39-40-34(29)32-19-28(23(6)38-32)26(14-8-2)27-16-12-13-17-30(27)35/h8-10,12-14,16-21,37-38H,2,4-5,7,11,15H2,1,3,6H3,(H,39,40)/b24-9+,25-18+,26-14-. The van der Waals surface area contributed by atoms with Crippen molar-refractivity contribution in [3.63, 3.8) is 0 Å². The second-order valence-electron chi connectivity index (χ2n) is 9.58. The van der Waals surface area contributed by atoms with Gasteiger partial charge in [-0.2, -0.15) is 5.10 Å². The number of fused-ring (bicyclic) bond motifs is 1. The summed E-state index contributed by atoms with van der Waals surface area (Å²) in [5.41, 5.74) is 9.02. The predicted molar refractivity (Wildman–Crippen MR) is 166 cm³/mol. The quantitative estimate of drug-likeness (QED) is 0.159.